The van der Waals surface area contributed by atoms with E-state index in [9.17, 15) is 9.90 Å². The van der Waals surface area contributed by atoms with Crippen LogP contribution in [0.2, 0.25) is 0 Å². The number of methoxy groups -OCH3 is 3. The predicted octanol–water partition coefficient (Wildman–Crippen LogP) is 3.79. The molecule has 1 aromatic carbocycles. The number of aliphatic hydroxyl groups excluding tert-OH is 1. The molecule has 0 amide bonds. The van der Waals surface area contributed by atoms with Crippen LogP contribution in [-0.2, 0) is 4.79 Å². The SMILES string of the molecule is COc1cc(OC)c(OC)cc1/C=C1\C(=O)C=C2CCC[C@H](O)[C@@]2(C)[C@H]1C. The molecule has 1 N–H and O–H groups in total. The lowest BCUT2D eigenvalue weighted by Gasteiger charge is -2.48. The molecule has 1 fully saturated rings. The van der Waals surface area contributed by atoms with Gasteiger partial charge in [0.1, 0.15) is 5.75 Å². The summed E-state index contributed by atoms with van der Waals surface area (Å²) in [5.74, 6) is 1.64. The van der Waals surface area contributed by atoms with Crippen LogP contribution in [-0.4, -0.2) is 38.3 Å². The van der Waals surface area contributed by atoms with Gasteiger partial charge in [-0.05, 0) is 43.4 Å². The van der Waals surface area contributed by atoms with Crippen molar-refractivity contribution in [3.05, 3.63) is 34.9 Å². The zero-order valence-corrected chi connectivity index (χ0v) is 16.7. The molecule has 3 rings (SSSR count). The molecule has 0 aliphatic heterocycles. The molecule has 2 aliphatic rings. The summed E-state index contributed by atoms with van der Waals surface area (Å²) in [6.45, 7) is 4.10. The quantitative estimate of drug-likeness (QED) is 0.815. The van der Waals surface area contributed by atoms with Crippen LogP contribution >= 0.6 is 0 Å². The molecule has 27 heavy (non-hydrogen) atoms. The van der Waals surface area contributed by atoms with Gasteiger partial charge in [0.2, 0.25) is 0 Å². The van der Waals surface area contributed by atoms with Gasteiger partial charge in [-0.2, -0.15) is 0 Å². The van der Waals surface area contributed by atoms with E-state index in [1.807, 2.05) is 19.1 Å². The fraction of sp³-hybridized carbons (Fsp3) is 0.500. The highest BCUT2D eigenvalue weighted by Gasteiger charge is 2.48. The molecule has 0 aromatic heterocycles. The first-order chi connectivity index (χ1) is 12.9. The molecular weight excluding hydrogens is 344 g/mol. The van der Waals surface area contributed by atoms with Crippen LogP contribution < -0.4 is 14.2 Å². The van der Waals surface area contributed by atoms with Crippen molar-refractivity contribution in [3.63, 3.8) is 0 Å². The van der Waals surface area contributed by atoms with Gasteiger partial charge in [0.15, 0.2) is 17.3 Å². The summed E-state index contributed by atoms with van der Waals surface area (Å²) in [4.78, 5) is 12.9. The molecule has 5 nitrogen and oxygen atoms in total. The van der Waals surface area contributed by atoms with Gasteiger partial charge in [-0.15, -0.1) is 0 Å². The third kappa shape index (κ3) is 3.14. The number of benzene rings is 1. The van der Waals surface area contributed by atoms with Gasteiger partial charge in [0, 0.05) is 22.6 Å². The zero-order chi connectivity index (χ0) is 19.8. The molecule has 1 aromatic rings. The van der Waals surface area contributed by atoms with E-state index in [1.54, 1.807) is 33.5 Å². The van der Waals surface area contributed by atoms with Gasteiger partial charge >= 0.3 is 0 Å². The highest BCUT2D eigenvalue weighted by molar-refractivity contribution is 6.09. The third-order valence-corrected chi connectivity index (χ3v) is 6.31. The Morgan fingerprint density at radius 3 is 2.37 bits per heavy atom. The molecule has 0 heterocycles. The topological polar surface area (TPSA) is 65.0 Å². The van der Waals surface area contributed by atoms with Crippen molar-refractivity contribution in [2.24, 2.45) is 11.3 Å². The monoisotopic (exact) mass is 372 g/mol. The molecule has 1 saturated carbocycles. The molecule has 0 unspecified atom stereocenters. The van der Waals surface area contributed by atoms with Crippen molar-refractivity contribution in [3.8, 4) is 17.2 Å². The molecule has 146 valence electrons. The van der Waals surface area contributed by atoms with E-state index in [0.29, 0.717) is 22.8 Å². The highest BCUT2D eigenvalue weighted by atomic mass is 16.5. The lowest BCUT2D eigenvalue weighted by Crippen LogP contribution is -2.46. The lowest BCUT2D eigenvalue weighted by molar-refractivity contribution is -0.113. The number of carbonyl (C=O) groups is 1. The number of allylic oxidation sites excluding steroid dienone is 2. The van der Waals surface area contributed by atoms with Crippen molar-refractivity contribution in [1.82, 2.24) is 0 Å². The lowest BCUT2D eigenvalue weighted by atomic mass is 9.57. The van der Waals surface area contributed by atoms with E-state index in [-0.39, 0.29) is 11.7 Å². The summed E-state index contributed by atoms with van der Waals surface area (Å²) in [6.07, 6.45) is 5.69. The van der Waals surface area contributed by atoms with Gasteiger partial charge in [0.25, 0.3) is 0 Å². The first-order valence-electron chi connectivity index (χ1n) is 9.31. The summed E-state index contributed by atoms with van der Waals surface area (Å²) < 4.78 is 16.2. The molecular formula is C22H28O5. The van der Waals surface area contributed by atoms with Gasteiger partial charge in [-0.25, -0.2) is 0 Å². The Morgan fingerprint density at radius 1 is 1.11 bits per heavy atom. The minimum atomic E-state index is -0.448. The molecule has 2 aliphatic carbocycles. The van der Waals surface area contributed by atoms with Crippen molar-refractivity contribution >= 4 is 11.9 Å². The summed E-state index contributed by atoms with van der Waals surface area (Å²) in [5.41, 5.74) is 2.07. The molecule has 3 atom stereocenters. The van der Waals surface area contributed by atoms with E-state index in [1.165, 1.54) is 0 Å². The summed E-state index contributed by atoms with van der Waals surface area (Å²) in [6, 6.07) is 3.56. The van der Waals surface area contributed by atoms with E-state index >= 15 is 0 Å². The van der Waals surface area contributed by atoms with Crippen LogP contribution in [0.5, 0.6) is 17.2 Å². The van der Waals surface area contributed by atoms with Gasteiger partial charge in [0.05, 0.1) is 27.4 Å². The maximum absolute atomic E-state index is 12.9. The number of aliphatic hydroxyl groups is 1. The number of ketones is 1. The smallest absolute Gasteiger partial charge is 0.182 e. The first-order valence-corrected chi connectivity index (χ1v) is 9.31. The molecule has 0 saturated heterocycles. The standard InChI is InChI=1S/C22H28O5/c1-13-16(17(23)11-15-7-6-8-21(24)22(13,15)2)9-14-10-19(26-4)20(27-5)12-18(14)25-3/h9-13,21,24H,6-8H2,1-5H3/b16-9-/t13-,21-,22-/m0/s1. The number of fused-ring (bicyclic) bond motifs is 1. The van der Waals surface area contributed by atoms with Crippen molar-refractivity contribution in [2.45, 2.75) is 39.2 Å². The van der Waals surface area contributed by atoms with Crippen molar-refractivity contribution in [2.75, 3.05) is 21.3 Å². The van der Waals surface area contributed by atoms with Crippen LogP contribution in [0.1, 0.15) is 38.7 Å². The second-order valence-corrected chi connectivity index (χ2v) is 7.50. The summed E-state index contributed by atoms with van der Waals surface area (Å²) in [5, 5.41) is 10.7. The third-order valence-electron chi connectivity index (χ3n) is 6.31. The largest absolute Gasteiger partial charge is 0.496 e. The van der Waals surface area contributed by atoms with Gasteiger partial charge in [-0.3, -0.25) is 4.79 Å². The molecule has 0 radical (unpaired) electrons. The van der Waals surface area contributed by atoms with E-state index < -0.39 is 11.5 Å². The fourth-order valence-electron chi connectivity index (χ4n) is 4.37. The van der Waals surface area contributed by atoms with Crippen LogP contribution in [0.15, 0.2) is 29.4 Å². The molecule has 5 heteroatoms. The summed E-state index contributed by atoms with van der Waals surface area (Å²) in [7, 11) is 4.73. The van der Waals surface area contributed by atoms with Gasteiger partial charge < -0.3 is 19.3 Å². The zero-order valence-electron chi connectivity index (χ0n) is 16.7. The normalized spacial score (nSPS) is 29.2. The van der Waals surface area contributed by atoms with Gasteiger partial charge in [-0.1, -0.05) is 19.4 Å². The number of ether oxygens (including phenoxy) is 3. The van der Waals surface area contributed by atoms with Crippen LogP contribution in [0.3, 0.4) is 0 Å². The summed E-state index contributed by atoms with van der Waals surface area (Å²) >= 11 is 0. The van der Waals surface area contributed by atoms with Crippen LogP contribution in [0.25, 0.3) is 6.08 Å². The van der Waals surface area contributed by atoms with E-state index in [4.69, 9.17) is 14.2 Å². The van der Waals surface area contributed by atoms with Crippen LogP contribution in [0.4, 0.5) is 0 Å². The number of carbonyl (C=O) groups excluding carboxylic acids is 1. The number of hydrogen-bond acceptors (Lipinski definition) is 5. The Kier molecular flexibility index (Phi) is 5.33. The maximum atomic E-state index is 12.9. The minimum absolute atomic E-state index is 0.000845. The molecule has 0 spiro atoms. The Hall–Kier alpha value is -2.27. The minimum Gasteiger partial charge on any atom is -0.496 e. The highest BCUT2D eigenvalue weighted by Crippen LogP contribution is 2.52. The average molecular weight is 372 g/mol. The van der Waals surface area contributed by atoms with Crippen LogP contribution in [0, 0.1) is 11.3 Å². The maximum Gasteiger partial charge on any atom is 0.182 e. The Labute approximate surface area is 160 Å². The Balaban J connectivity index is 2.12. The predicted molar refractivity (Wildman–Crippen MR) is 104 cm³/mol. The second kappa shape index (κ2) is 7.39. The molecule has 0 bridgehead atoms. The number of rotatable bonds is 4. The number of hydrogen-bond donors (Lipinski definition) is 1. The second-order valence-electron chi connectivity index (χ2n) is 7.50. The fourth-order valence-corrected chi connectivity index (χ4v) is 4.37. The Morgan fingerprint density at radius 2 is 1.74 bits per heavy atom. The van der Waals surface area contributed by atoms with E-state index in [0.717, 1.165) is 30.4 Å². The van der Waals surface area contributed by atoms with Crippen molar-refractivity contribution in [1.29, 1.82) is 0 Å². The average Bonchev–Trinajstić information content (AvgIpc) is 2.67. The first kappa shape index (κ1) is 19.5. The van der Waals surface area contributed by atoms with E-state index in [2.05, 4.69) is 6.92 Å². The van der Waals surface area contributed by atoms with Crippen molar-refractivity contribution < 1.29 is 24.1 Å². The Bertz CT molecular complexity index is 807.